The van der Waals surface area contributed by atoms with Crippen molar-refractivity contribution in [3.63, 3.8) is 0 Å². The van der Waals surface area contributed by atoms with Crippen molar-refractivity contribution in [1.82, 2.24) is 0 Å². The normalized spacial score (nSPS) is 32.6. The first kappa shape index (κ1) is 22.4. The topological polar surface area (TPSA) is 97.7 Å². The minimum atomic E-state index is -5.62. The van der Waals surface area contributed by atoms with Crippen LogP contribution in [-0.4, -0.2) is 46.1 Å². The van der Waals surface area contributed by atoms with Crippen LogP contribution in [0.3, 0.4) is 0 Å². The summed E-state index contributed by atoms with van der Waals surface area (Å²) in [5, 5.41) is 8.33. The van der Waals surface area contributed by atoms with Crippen LogP contribution in [0.2, 0.25) is 0 Å². The van der Waals surface area contributed by atoms with Crippen LogP contribution in [0, 0.1) is 17.3 Å². The molecule has 0 heterocycles. The van der Waals surface area contributed by atoms with Gasteiger partial charge in [-0.3, -0.25) is 9.59 Å². The van der Waals surface area contributed by atoms with Crippen molar-refractivity contribution in [2.24, 2.45) is 17.3 Å². The van der Waals surface area contributed by atoms with Crippen LogP contribution < -0.4 is 0 Å². The van der Waals surface area contributed by atoms with Crippen molar-refractivity contribution < 1.29 is 46.6 Å². The Kier molecular flexibility index (Phi) is 5.14. The lowest BCUT2D eigenvalue weighted by Gasteiger charge is -2.60. The van der Waals surface area contributed by atoms with Gasteiger partial charge in [-0.15, -0.1) is 0 Å². The average molecular weight is 434 g/mol. The van der Waals surface area contributed by atoms with E-state index in [1.165, 1.54) is 6.92 Å². The molecule has 166 valence electrons. The van der Waals surface area contributed by atoms with E-state index >= 15 is 0 Å². The number of rotatable bonds is 8. The fourth-order valence-corrected chi connectivity index (χ4v) is 5.66. The molecule has 4 bridgehead atoms. The number of ether oxygens (including phenoxy) is 1. The molecule has 0 aromatic rings. The third kappa shape index (κ3) is 3.43. The number of Topliss-reactive ketones (excluding diaryl/α,β-unsaturated/α-hetero) is 2. The Morgan fingerprint density at radius 2 is 1.57 bits per heavy atom. The number of carboxylic acid groups (broad SMARTS) is 1. The predicted octanol–water partition coefficient (Wildman–Crippen LogP) is 3.33. The number of hydrogen-bond acceptors (Lipinski definition) is 5. The summed E-state index contributed by atoms with van der Waals surface area (Å²) in [5.41, 5.74) is -2.05. The summed E-state index contributed by atoms with van der Waals surface area (Å²) in [4.78, 5) is 47.3. The maximum Gasteiger partial charge on any atom is 0.411 e. The minimum absolute atomic E-state index is 0.0239. The Balaban J connectivity index is 1.82. The van der Waals surface area contributed by atoms with Gasteiger partial charge in [-0.2, -0.15) is 17.6 Å². The van der Waals surface area contributed by atoms with Crippen LogP contribution in [0.4, 0.5) is 17.6 Å². The van der Waals surface area contributed by atoms with Gasteiger partial charge >= 0.3 is 23.8 Å². The molecule has 2 unspecified atom stereocenters. The fraction of sp³-hybridized carbons (Fsp3) is 0.700. The summed E-state index contributed by atoms with van der Waals surface area (Å²) < 4.78 is 59.9. The first-order valence-electron chi connectivity index (χ1n) is 9.59. The van der Waals surface area contributed by atoms with Crippen LogP contribution in [0.1, 0.15) is 51.9 Å². The fourth-order valence-electron chi connectivity index (χ4n) is 5.66. The third-order valence-corrected chi connectivity index (χ3v) is 6.59. The van der Waals surface area contributed by atoms with Gasteiger partial charge in [0.2, 0.25) is 5.78 Å². The number of esters is 1. The van der Waals surface area contributed by atoms with E-state index in [0.717, 1.165) is 6.42 Å². The second-order valence-corrected chi connectivity index (χ2v) is 9.07. The zero-order valence-electron chi connectivity index (χ0n) is 16.3. The third-order valence-electron chi connectivity index (χ3n) is 6.59. The summed E-state index contributed by atoms with van der Waals surface area (Å²) >= 11 is 0. The van der Waals surface area contributed by atoms with E-state index in [2.05, 4.69) is 6.58 Å². The maximum atomic E-state index is 13.8. The second-order valence-electron chi connectivity index (χ2n) is 9.07. The van der Waals surface area contributed by atoms with Gasteiger partial charge in [0, 0.05) is 11.0 Å². The van der Waals surface area contributed by atoms with Crippen LogP contribution in [0.25, 0.3) is 0 Å². The molecule has 1 N–H and O–H groups in total. The molecule has 4 saturated carbocycles. The zero-order valence-corrected chi connectivity index (χ0v) is 16.3. The molecule has 0 radical (unpaired) electrons. The van der Waals surface area contributed by atoms with E-state index in [4.69, 9.17) is 9.84 Å². The van der Waals surface area contributed by atoms with Gasteiger partial charge in [-0.1, -0.05) is 6.58 Å². The largest absolute Gasteiger partial charge is 0.477 e. The monoisotopic (exact) mass is 434 g/mol. The summed E-state index contributed by atoms with van der Waals surface area (Å²) in [7, 11) is 0. The highest BCUT2D eigenvalue weighted by atomic mass is 19.3. The summed E-state index contributed by atoms with van der Waals surface area (Å²) in [6, 6.07) is 0. The van der Waals surface area contributed by atoms with Crippen LogP contribution in [0.15, 0.2) is 12.2 Å². The molecular formula is C20H22F4O6. The molecule has 30 heavy (non-hydrogen) atoms. The van der Waals surface area contributed by atoms with Gasteiger partial charge in [0.15, 0.2) is 0 Å². The molecule has 0 amide bonds. The molecule has 0 aromatic carbocycles. The van der Waals surface area contributed by atoms with Gasteiger partial charge in [0.25, 0.3) is 0 Å². The quantitative estimate of drug-likeness (QED) is 0.272. The van der Waals surface area contributed by atoms with Crippen LogP contribution >= 0.6 is 0 Å². The van der Waals surface area contributed by atoms with Gasteiger partial charge in [-0.25, -0.2) is 9.59 Å². The van der Waals surface area contributed by atoms with E-state index in [1.54, 1.807) is 0 Å². The molecule has 0 saturated heterocycles. The minimum Gasteiger partial charge on any atom is -0.477 e. The molecule has 6 nitrogen and oxygen atoms in total. The molecular weight excluding hydrogens is 412 g/mol. The second kappa shape index (κ2) is 6.88. The van der Waals surface area contributed by atoms with E-state index in [0.29, 0.717) is 25.7 Å². The van der Waals surface area contributed by atoms with Crippen molar-refractivity contribution in [3.8, 4) is 0 Å². The molecule has 0 aromatic heterocycles. The van der Waals surface area contributed by atoms with Crippen LogP contribution in [-0.2, 0) is 23.9 Å². The predicted molar refractivity (Wildman–Crippen MR) is 92.9 cm³/mol. The molecule has 4 aliphatic rings. The number of ketones is 2. The number of alkyl halides is 4. The molecule has 0 spiro atoms. The molecule has 4 fully saturated rings. The first-order chi connectivity index (χ1) is 13.6. The average Bonchev–Trinajstić information content (AvgIpc) is 2.59. The van der Waals surface area contributed by atoms with E-state index in [9.17, 15) is 36.7 Å². The van der Waals surface area contributed by atoms with E-state index in [-0.39, 0.29) is 23.8 Å². The Morgan fingerprint density at radius 3 is 2.03 bits per heavy atom. The SMILES string of the molecule is C=C(C)C(=O)OC12CC3CC(C1)CC(C(=O)CC(=O)C(F)(F)C(F)(F)C(=O)O)(C3)C2. The lowest BCUT2D eigenvalue weighted by molar-refractivity contribution is -0.221. The molecule has 10 heteroatoms. The lowest BCUT2D eigenvalue weighted by Crippen LogP contribution is -2.60. The highest BCUT2D eigenvalue weighted by molar-refractivity contribution is 6.06. The van der Waals surface area contributed by atoms with Crippen molar-refractivity contribution in [1.29, 1.82) is 0 Å². The van der Waals surface area contributed by atoms with Gasteiger partial charge in [0.1, 0.15) is 11.4 Å². The highest BCUT2D eigenvalue weighted by Gasteiger charge is 2.68. The van der Waals surface area contributed by atoms with Crippen molar-refractivity contribution in [2.75, 3.05) is 0 Å². The molecule has 4 aliphatic carbocycles. The molecule has 4 rings (SSSR count). The van der Waals surface area contributed by atoms with Crippen molar-refractivity contribution in [2.45, 2.75) is 69.3 Å². The number of carbonyl (C=O) groups is 4. The summed E-state index contributed by atoms with van der Waals surface area (Å²) in [5.74, 6) is -18.3. The number of carboxylic acids is 1. The molecule has 0 aliphatic heterocycles. The number of aliphatic carboxylic acids is 1. The highest BCUT2D eigenvalue weighted by Crippen LogP contribution is 2.63. The smallest absolute Gasteiger partial charge is 0.411 e. The van der Waals surface area contributed by atoms with Crippen molar-refractivity contribution >= 4 is 23.5 Å². The Hall–Kier alpha value is -2.26. The van der Waals surface area contributed by atoms with Gasteiger partial charge in [0.05, 0.1) is 6.42 Å². The number of carbonyl (C=O) groups excluding carboxylic acids is 3. The van der Waals surface area contributed by atoms with Crippen LogP contribution in [0.5, 0.6) is 0 Å². The number of hydrogen-bond donors (Lipinski definition) is 1. The molecule has 2 atom stereocenters. The standard InChI is InChI=1S/C20H22F4O6/c1-10(2)15(27)30-18-7-11-3-12(8-18)6-17(5-11,9-18)13(25)4-14(26)19(21,22)20(23,24)16(28)29/h11-12H,1,3-9H2,2H3,(H,28,29). The van der Waals surface area contributed by atoms with E-state index in [1.807, 2.05) is 0 Å². The first-order valence-corrected chi connectivity index (χ1v) is 9.59. The number of halogens is 4. The summed E-state index contributed by atoms with van der Waals surface area (Å²) in [6.07, 6.45) is 0.880. The maximum absolute atomic E-state index is 13.8. The van der Waals surface area contributed by atoms with Gasteiger partial charge < -0.3 is 9.84 Å². The zero-order chi connectivity index (χ0) is 22.7. The summed E-state index contributed by atoms with van der Waals surface area (Å²) in [6.45, 7) is 4.99. The Bertz CT molecular complexity index is 819. The van der Waals surface area contributed by atoms with E-state index < -0.39 is 52.8 Å². The Morgan fingerprint density at radius 1 is 1.03 bits per heavy atom. The Labute approximate surface area is 169 Å². The lowest BCUT2D eigenvalue weighted by atomic mass is 9.46. The van der Waals surface area contributed by atoms with Crippen molar-refractivity contribution in [3.05, 3.63) is 12.2 Å². The van der Waals surface area contributed by atoms with Gasteiger partial charge in [-0.05, 0) is 57.3 Å².